The van der Waals surface area contributed by atoms with Gasteiger partial charge in [0.2, 0.25) is 10.0 Å². The smallest absolute Gasteiger partial charge is 0.268 e. The minimum Gasteiger partial charge on any atom is -0.268 e. The molecular formula is C21H18F3N5O2S. The topological polar surface area (TPSA) is 95.8 Å². The third kappa shape index (κ3) is 4.04. The molecule has 0 aliphatic carbocycles. The molecule has 0 atom stereocenters. The summed E-state index contributed by atoms with van der Waals surface area (Å²) in [6.07, 6.45) is -3.03. The first-order chi connectivity index (χ1) is 14.9. The standard InChI is InChI=1S/C21H18F3N5O2S/c1-13-3-4-14(18-9-10-26-28(18)2)11-17(13)19-12-20(21(22,23)24)27-29(19)15-5-7-16(8-6-15)32(25,30)31/h3-12H,1-2H3,(H2,25,30,31). The van der Waals surface area contributed by atoms with Crippen LogP contribution in [-0.4, -0.2) is 28.0 Å². The highest BCUT2D eigenvalue weighted by molar-refractivity contribution is 7.89. The Balaban J connectivity index is 1.92. The molecule has 32 heavy (non-hydrogen) atoms. The van der Waals surface area contributed by atoms with Crippen molar-refractivity contribution in [1.82, 2.24) is 19.6 Å². The number of hydrogen-bond donors (Lipinski definition) is 1. The lowest BCUT2D eigenvalue weighted by Gasteiger charge is -2.12. The Kier molecular flexibility index (Phi) is 5.18. The quantitative estimate of drug-likeness (QED) is 0.498. The van der Waals surface area contributed by atoms with Gasteiger partial charge in [-0.05, 0) is 55.0 Å². The zero-order valence-electron chi connectivity index (χ0n) is 17.0. The van der Waals surface area contributed by atoms with E-state index in [9.17, 15) is 21.6 Å². The lowest BCUT2D eigenvalue weighted by Crippen LogP contribution is -2.12. The molecule has 0 fully saturated rings. The van der Waals surface area contributed by atoms with Crippen LogP contribution in [0.15, 0.2) is 65.7 Å². The lowest BCUT2D eigenvalue weighted by atomic mass is 10.00. The molecule has 0 aliphatic rings. The van der Waals surface area contributed by atoms with Crippen LogP contribution < -0.4 is 5.14 Å². The second-order valence-electron chi connectivity index (χ2n) is 7.23. The molecule has 0 saturated carbocycles. The van der Waals surface area contributed by atoms with Gasteiger partial charge in [0.05, 0.1) is 22.0 Å². The van der Waals surface area contributed by atoms with E-state index in [1.807, 2.05) is 12.1 Å². The van der Waals surface area contributed by atoms with Gasteiger partial charge in [-0.1, -0.05) is 12.1 Å². The Labute approximate surface area is 182 Å². The van der Waals surface area contributed by atoms with E-state index in [2.05, 4.69) is 10.2 Å². The minimum absolute atomic E-state index is 0.152. The molecule has 4 rings (SSSR count). The van der Waals surface area contributed by atoms with Crippen LogP contribution in [0.2, 0.25) is 0 Å². The van der Waals surface area contributed by atoms with Gasteiger partial charge in [0.15, 0.2) is 5.69 Å². The van der Waals surface area contributed by atoms with Gasteiger partial charge >= 0.3 is 6.18 Å². The molecule has 0 spiro atoms. The van der Waals surface area contributed by atoms with Crippen molar-refractivity contribution in [2.75, 3.05) is 0 Å². The van der Waals surface area contributed by atoms with Crippen LogP contribution in [0.3, 0.4) is 0 Å². The Bertz CT molecular complexity index is 1400. The zero-order valence-corrected chi connectivity index (χ0v) is 17.8. The average Bonchev–Trinajstić information content (AvgIpc) is 3.34. The number of sulfonamides is 1. The highest BCUT2D eigenvalue weighted by atomic mass is 32.2. The summed E-state index contributed by atoms with van der Waals surface area (Å²) in [6, 6.07) is 13.4. The highest BCUT2D eigenvalue weighted by Crippen LogP contribution is 2.36. The second-order valence-corrected chi connectivity index (χ2v) is 8.79. The maximum Gasteiger partial charge on any atom is 0.435 e. The molecule has 166 valence electrons. The third-order valence-electron chi connectivity index (χ3n) is 5.04. The molecule has 11 heteroatoms. The average molecular weight is 461 g/mol. The van der Waals surface area contributed by atoms with Crippen molar-refractivity contribution in [3.63, 3.8) is 0 Å². The van der Waals surface area contributed by atoms with E-state index in [0.29, 0.717) is 5.56 Å². The van der Waals surface area contributed by atoms with Crippen LogP contribution in [-0.2, 0) is 23.2 Å². The number of halogens is 3. The Hall–Kier alpha value is -3.44. The number of benzene rings is 2. The summed E-state index contributed by atoms with van der Waals surface area (Å²) in [5.41, 5.74) is 2.26. The van der Waals surface area contributed by atoms with Gasteiger partial charge in [-0.2, -0.15) is 23.4 Å². The minimum atomic E-state index is -4.66. The fourth-order valence-electron chi connectivity index (χ4n) is 3.40. The van der Waals surface area contributed by atoms with Crippen LogP contribution in [0.25, 0.3) is 28.2 Å². The Morgan fingerprint density at radius 1 is 0.969 bits per heavy atom. The zero-order chi connectivity index (χ0) is 23.3. The van der Waals surface area contributed by atoms with E-state index in [4.69, 9.17) is 5.14 Å². The molecular weight excluding hydrogens is 443 g/mol. The number of alkyl halides is 3. The molecule has 0 bridgehead atoms. The van der Waals surface area contributed by atoms with Gasteiger partial charge < -0.3 is 0 Å². The largest absolute Gasteiger partial charge is 0.435 e. The first-order valence-electron chi connectivity index (χ1n) is 9.35. The first-order valence-corrected chi connectivity index (χ1v) is 10.9. The van der Waals surface area contributed by atoms with Crippen molar-refractivity contribution in [2.24, 2.45) is 12.2 Å². The van der Waals surface area contributed by atoms with Gasteiger partial charge in [-0.15, -0.1) is 0 Å². The second kappa shape index (κ2) is 7.61. The number of rotatable bonds is 4. The molecule has 0 amide bonds. The van der Waals surface area contributed by atoms with Crippen molar-refractivity contribution in [3.05, 3.63) is 72.1 Å². The summed E-state index contributed by atoms with van der Waals surface area (Å²) >= 11 is 0. The number of aryl methyl sites for hydroxylation is 2. The summed E-state index contributed by atoms with van der Waals surface area (Å²) in [7, 11) is -2.17. The summed E-state index contributed by atoms with van der Waals surface area (Å²) in [4.78, 5) is -0.152. The molecule has 0 radical (unpaired) electrons. The van der Waals surface area contributed by atoms with Gasteiger partial charge in [-0.3, -0.25) is 4.68 Å². The first kappa shape index (κ1) is 21.8. The van der Waals surface area contributed by atoms with Crippen molar-refractivity contribution in [1.29, 1.82) is 0 Å². The van der Waals surface area contributed by atoms with Gasteiger partial charge in [0.25, 0.3) is 0 Å². The monoisotopic (exact) mass is 461 g/mol. The molecule has 0 aliphatic heterocycles. The molecule has 4 aromatic rings. The van der Waals surface area contributed by atoms with E-state index in [1.165, 1.54) is 24.3 Å². The number of primary sulfonamides is 1. The Morgan fingerprint density at radius 2 is 1.66 bits per heavy atom. The van der Waals surface area contributed by atoms with Gasteiger partial charge in [0.1, 0.15) is 0 Å². The molecule has 2 aromatic heterocycles. The molecule has 2 heterocycles. The molecule has 0 saturated heterocycles. The fraction of sp³-hybridized carbons (Fsp3) is 0.143. The van der Waals surface area contributed by atoms with Crippen molar-refractivity contribution >= 4 is 10.0 Å². The number of hydrogen-bond acceptors (Lipinski definition) is 4. The van der Waals surface area contributed by atoms with Gasteiger partial charge in [-0.25, -0.2) is 18.2 Å². The third-order valence-corrected chi connectivity index (χ3v) is 5.97. The summed E-state index contributed by atoms with van der Waals surface area (Å²) in [6.45, 7) is 1.79. The van der Waals surface area contributed by atoms with Gasteiger partial charge in [0, 0.05) is 24.4 Å². The number of nitrogens with zero attached hydrogens (tertiary/aromatic N) is 4. The maximum absolute atomic E-state index is 13.5. The maximum atomic E-state index is 13.5. The fourth-order valence-corrected chi connectivity index (χ4v) is 3.92. The lowest BCUT2D eigenvalue weighted by molar-refractivity contribution is -0.141. The van der Waals surface area contributed by atoms with Crippen LogP contribution in [0.1, 0.15) is 11.3 Å². The predicted octanol–water partition coefficient (Wildman–Crippen LogP) is 3.91. The van der Waals surface area contributed by atoms with E-state index in [0.717, 1.165) is 27.6 Å². The SMILES string of the molecule is Cc1ccc(-c2ccnn2C)cc1-c1cc(C(F)(F)F)nn1-c1ccc(S(N)(=O)=O)cc1. The Morgan fingerprint density at radius 3 is 2.22 bits per heavy atom. The predicted molar refractivity (Wildman–Crippen MR) is 112 cm³/mol. The summed E-state index contributed by atoms with van der Waals surface area (Å²) in [5.74, 6) is 0. The van der Waals surface area contributed by atoms with E-state index in [1.54, 1.807) is 37.0 Å². The van der Waals surface area contributed by atoms with Crippen molar-refractivity contribution in [2.45, 2.75) is 18.0 Å². The number of nitrogens with two attached hydrogens (primary N) is 1. The highest BCUT2D eigenvalue weighted by Gasteiger charge is 2.35. The summed E-state index contributed by atoms with van der Waals surface area (Å²) in [5, 5.41) is 13.0. The molecule has 0 unspecified atom stereocenters. The molecule has 2 aromatic carbocycles. The van der Waals surface area contributed by atoms with Crippen LogP contribution in [0.4, 0.5) is 13.2 Å². The van der Waals surface area contributed by atoms with Crippen LogP contribution in [0, 0.1) is 6.92 Å². The molecule has 7 nitrogen and oxygen atoms in total. The van der Waals surface area contributed by atoms with E-state index < -0.39 is 21.9 Å². The van der Waals surface area contributed by atoms with Crippen LogP contribution in [0.5, 0.6) is 0 Å². The summed E-state index contributed by atoms with van der Waals surface area (Å²) < 4.78 is 66.4. The van der Waals surface area contributed by atoms with Crippen molar-refractivity contribution in [3.8, 4) is 28.2 Å². The van der Waals surface area contributed by atoms with E-state index in [-0.39, 0.29) is 16.3 Å². The van der Waals surface area contributed by atoms with Crippen molar-refractivity contribution < 1.29 is 21.6 Å². The van der Waals surface area contributed by atoms with Crippen LogP contribution >= 0.6 is 0 Å². The normalized spacial score (nSPS) is 12.3. The molecule has 2 N–H and O–H groups in total. The van der Waals surface area contributed by atoms with E-state index >= 15 is 0 Å². The number of aromatic nitrogens is 4.